The minimum Gasteiger partial charge on any atom is -0.308 e. The molecule has 2 heterocycles. The van der Waals surface area contributed by atoms with Gasteiger partial charge in [0.25, 0.3) is 0 Å². The Kier molecular flexibility index (Phi) is 8.06. The van der Waals surface area contributed by atoms with Crippen molar-refractivity contribution >= 4 is 60.6 Å². The standard InChI is InChI=1S/C54H41N3/c1-35-28-33-48(37-17-4-2-5-18-37)55-54(56-52(35)38-19-6-3-7-20-38)47-30-29-36-16-8-10-22-40(36)45-31-32-46-44-26-14-15-27-49(44)57(53(46)51(45)47)50-34-39-21-9-11-23-41(39)42-24-12-13-25-43(42)50/h2-27,31-35,47H,28-30H2,1H3/b48-33+,55-54?,56-52?. The number of para-hydroxylation sites is 1. The van der Waals surface area contributed by atoms with Crippen molar-refractivity contribution in [2.45, 2.75) is 32.1 Å². The van der Waals surface area contributed by atoms with E-state index in [4.69, 9.17) is 9.98 Å². The van der Waals surface area contributed by atoms with Crippen LogP contribution in [0.5, 0.6) is 0 Å². The van der Waals surface area contributed by atoms with Crippen molar-refractivity contribution in [3.8, 4) is 16.8 Å². The first-order valence-electron chi connectivity index (χ1n) is 20.2. The van der Waals surface area contributed by atoms with Crippen molar-refractivity contribution in [1.29, 1.82) is 0 Å². The molecule has 0 N–H and O–H groups in total. The van der Waals surface area contributed by atoms with Gasteiger partial charge in [-0.1, -0.05) is 177 Å². The number of aliphatic imine (C=N–C) groups is 2. The van der Waals surface area contributed by atoms with Crippen LogP contribution < -0.4 is 0 Å². The first kappa shape index (κ1) is 33.5. The second kappa shape index (κ2) is 13.7. The quantitative estimate of drug-likeness (QED) is 0.161. The van der Waals surface area contributed by atoms with E-state index in [9.17, 15) is 0 Å². The lowest BCUT2D eigenvalue weighted by Gasteiger charge is -2.25. The van der Waals surface area contributed by atoms with E-state index in [2.05, 4.69) is 193 Å². The van der Waals surface area contributed by atoms with Gasteiger partial charge in [-0.05, 0) is 80.9 Å². The maximum atomic E-state index is 5.76. The molecule has 3 nitrogen and oxygen atoms in total. The van der Waals surface area contributed by atoms with Crippen LogP contribution in [0, 0.1) is 5.92 Å². The largest absolute Gasteiger partial charge is 0.308 e. The smallest absolute Gasteiger partial charge is 0.136 e. The maximum Gasteiger partial charge on any atom is 0.136 e. The SMILES string of the molecule is CC1C/C=C(\c2ccccc2)N=C(C2CCc3ccccc3-c3ccc4c5ccccc5n(-c5cc6ccccc6c6ccccc56)c4c32)N=C1c1ccccc1. The molecule has 8 aromatic carbocycles. The lowest BCUT2D eigenvalue weighted by atomic mass is 9.87. The zero-order valence-electron chi connectivity index (χ0n) is 31.9. The van der Waals surface area contributed by atoms with Crippen LogP contribution >= 0.6 is 0 Å². The third-order valence-corrected chi connectivity index (χ3v) is 12.3. The molecule has 1 aromatic heterocycles. The van der Waals surface area contributed by atoms with Crippen LogP contribution in [-0.2, 0) is 6.42 Å². The highest BCUT2D eigenvalue weighted by atomic mass is 15.0. The van der Waals surface area contributed by atoms with E-state index in [1.165, 1.54) is 71.3 Å². The van der Waals surface area contributed by atoms with Gasteiger partial charge in [-0.2, -0.15) is 0 Å². The molecule has 0 saturated carbocycles. The first-order valence-corrected chi connectivity index (χ1v) is 20.2. The molecule has 9 aromatic rings. The molecule has 0 spiro atoms. The fourth-order valence-electron chi connectivity index (χ4n) is 9.58. The summed E-state index contributed by atoms with van der Waals surface area (Å²) < 4.78 is 2.57. The van der Waals surface area contributed by atoms with E-state index in [1.54, 1.807) is 0 Å². The van der Waals surface area contributed by atoms with Gasteiger partial charge in [0.15, 0.2) is 0 Å². The van der Waals surface area contributed by atoms with Gasteiger partial charge >= 0.3 is 0 Å². The summed E-state index contributed by atoms with van der Waals surface area (Å²) in [7, 11) is 0. The molecule has 1 aliphatic heterocycles. The van der Waals surface area contributed by atoms with Gasteiger partial charge in [-0.3, -0.25) is 0 Å². The monoisotopic (exact) mass is 731 g/mol. The van der Waals surface area contributed by atoms with Gasteiger partial charge in [0, 0.05) is 28.0 Å². The molecule has 2 unspecified atom stereocenters. The Labute approximate surface area is 333 Å². The molecular weight excluding hydrogens is 691 g/mol. The normalized spacial score (nSPS) is 17.9. The number of hydrogen-bond donors (Lipinski definition) is 0. The average molecular weight is 732 g/mol. The number of benzene rings is 8. The molecule has 0 radical (unpaired) electrons. The Morgan fingerprint density at radius 2 is 1.21 bits per heavy atom. The molecule has 3 heteroatoms. The Morgan fingerprint density at radius 1 is 0.544 bits per heavy atom. The van der Waals surface area contributed by atoms with Gasteiger partial charge in [-0.15, -0.1) is 0 Å². The topological polar surface area (TPSA) is 29.6 Å². The van der Waals surface area contributed by atoms with Gasteiger partial charge in [0.1, 0.15) is 5.84 Å². The van der Waals surface area contributed by atoms with Crippen LogP contribution in [0.1, 0.15) is 47.9 Å². The summed E-state index contributed by atoms with van der Waals surface area (Å²) in [5.74, 6) is 0.976. The van der Waals surface area contributed by atoms with E-state index < -0.39 is 0 Å². The van der Waals surface area contributed by atoms with Crippen molar-refractivity contribution in [2.24, 2.45) is 15.9 Å². The third kappa shape index (κ3) is 5.57. The summed E-state index contributed by atoms with van der Waals surface area (Å²) in [6.07, 6.45) is 4.99. The minimum atomic E-state index is -0.0954. The zero-order valence-corrected chi connectivity index (χ0v) is 31.9. The summed E-state index contributed by atoms with van der Waals surface area (Å²) in [5, 5.41) is 7.48. The molecule has 2 aliphatic rings. The molecule has 0 fully saturated rings. The van der Waals surface area contributed by atoms with E-state index in [0.29, 0.717) is 0 Å². The summed E-state index contributed by atoms with van der Waals surface area (Å²) in [6.45, 7) is 2.31. The molecule has 57 heavy (non-hydrogen) atoms. The number of amidine groups is 1. The Balaban J connectivity index is 1.28. The van der Waals surface area contributed by atoms with Crippen LogP contribution in [0.2, 0.25) is 0 Å². The summed E-state index contributed by atoms with van der Waals surface area (Å²) in [5.41, 5.74) is 13.2. The van der Waals surface area contributed by atoms with E-state index >= 15 is 0 Å². The van der Waals surface area contributed by atoms with Crippen molar-refractivity contribution in [3.63, 3.8) is 0 Å². The third-order valence-electron chi connectivity index (χ3n) is 12.3. The van der Waals surface area contributed by atoms with Crippen LogP contribution in [0.4, 0.5) is 0 Å². The summed E-state index contributed by atoms with van der Waals surface area (Å²) in [4.78, 5) is 11.4. The molecule has 1 aliphatic carbocycles. The molecule has 11 rings (SSSR count). The number of nitrogens with zero attached hydrogens (tertiary/aromatic N) is 3. The Bertz CT molecular complexity index is 3110. The second-order valence-corrected chi connectivity index (χ2v) is 15.6. The fraction of sp³-hybridized carbons (Fsp3) is 0.111. The van der Waals surface area contributed by atoms with Crippen molar-refractivity contribution < 1.29 is 0 Å². The van der Waals surface area contributed by atoms with Gasteiger partial charge in [0.05, 0.1) is 28.1 Å². The van der Waals surface area contributed by atoms with Crippen molar-refractivity contribution in [2.75, 3.05) is 0 Å². The Hall–Kier alpha value is -6.84. The van der Waals surface area contributed by atoms with Gasteiger partial charge in [-0.25, -0.2) is 9.98 Å². The zero-order chi connectivity index (χ0) is 37.9. The Morgan fingerprint density at radius 3 is 2.04 bits per heavy atom. The fourth-order valence-corrected chi connectivity index (χ4v) is 9.58. The van der Waals surface area contributed by atoms with Crippen LogP contribution in [0.3, 0.4) is 0 Å². The number of allylic oxidation sites excluding steroid dienone is 1. The van der Waals surface area contributed by atoms with Crippen LogP contribution in [0.15, 0.2) is 192 Å². The molecule has 0 amide bonds. The predicted octanol–water partition coefficient (Wildman–Crippen LogP) is 13.8. The van der Waals surface area contributed by atoms with E-state index in [1.807, 2.05) is 0 Å². The average Bonchev–Trinajstić information content (AvgIpc) is 3.50. The molecule has 272 valence electrons. The van der Waals surface area contributed by atoms with Crippen LogP contribution in [-0.4, -0.2) is 16.1 Å². The van der Waals surface area contributed by atoms with Crippen LogP contribution in [0.25, 0.3) is 65.9 Å². The number of aryl methyl sites for hydroxylation is 1. The van der Waals surface area contributed by atoms with Crippen molar-refractivity contribution in [3.05, 3.63) is 204 Å². The molecule has 2 atom stereocenters. The number of fused-ring (bicyclic) bond motifs is 10. The first-order chi connectivity index (χ1) is 28.2. The number of rotatable bonds is 4. The summed E-state index contributed by atoms with van der Waals surface area (Å²) in [6, 6.07) is 64.2. The van der Waals surface area contributed by atoms with Gasteiger partial charge in [0.2, 0.25) is 0 Å². The summed E-state index contributed by atoms with van der Waals surface area (Å²) >= 11 is 0. The minimum absolute atomic E-state index is 0.0954. The number of aromatic nitrogens is 1. The van der Waals surface area contributed by atoms with E-state index in [0.717, 1.165) is 47.6 Å². The van der Waals surface area contributed by atoms with E-state index in [-0.39, 0.29) is 11.8 Å². The second-order valence-electron chi connectivity index (χ2n) is 15.6. The highest BCUT2D eigenvalue weighted by molar-refractivity contribution is 6.18. The van der Waals surface area contributed by atoms with Gasteiger partial charge < -0.3 is 4.57 Å². The number of hydrogen-bond acceptors (Lipinski definition) is 2. The molecule has 0 bridgehead atoms. The van der Waals surface area contributed by atoms with Crippen molar-refractivity contribution in [1.82, 2.24) is 4.57 Å². The highest BCUT2D eigenvalue weighted by Crippen LogP contribution is 2.48. The predicted molar refractivity (Wildman–Crippen MR) is 241 cm³/mol. The lowest BCUT2D eigenvalue weighted by molar-refractivity contribution is 0.763. The molecule has 0 saturated heterocycles. The molecular formula is C54H41N3. The maximum absolute atomic E-state index is 5.76. The highest BCUT2D eigenvalue weighted by Gasteiger charge is 2.33. The lowest BCUT2D eigenvalue weighted by Crippen LogP contribution is -2.21.